The second-order valence-electron chi connectivity index (χ2n) is 5.50. The van der Waals surface area contributed by atoms with Gasteiger partial charge in [0.25, 0.3) is 5.56 Å². The second-order valence-corrected chi connectivity index (χ2v) is 5.84. The highest BCUT2D eigenvalue weighted by Gasteiger charge is 2.33. The van der Waals surface area contributed by atoms with E-state index in [1.165, 1.54) is 36.9 Å². The molecular formula is C15H12ClF3N4O2. The van der Waals surface area contributed by atoms with E-state index in [4.69, 9.17) is 11.6 Å². The standard InChI is InChI=1S/C15H12ClF3N4O2/c1-21-11-10(12(24)22(2)14(21)25)23(13(16)20-11)7-8-5-3-4-6-9(8)15(17,18)19/h3-6H,7H2,1-2H3. The van der Waals surface area contributed by atoms with Gasteiger partial charge in [0.2, 0.25) is 5.28 Å². The molecule has 0 aliphatic rings. The van der Waals surface area contributed by atoms with Crippen LogP contribution in [0.25, 0.3) is 11.2 Å². The number of aromatic nitrogens is 4. The maximum Gasteiger partial charge on any atom is 0.416 e. The molecule has 25 heavy (non-hydrogen) atoms. The molecule has 0 aliphatic heterocycles. The largest absolute Gasteiger partial charge is 0.416 e. The highest BCUT2D eigenvalue weighted by atomic mass is 35.5. The van der Waals surface area contributed by atoms with Crippen molar-refractivity contribution in [1.29, 1.82) is 0 Å². The molecule has 0 amide bonds. The van der Waals surface area contributed by atoms with E-state index in [-0.39, 0.29) is 28.6 Å². The zero-order valence-corrected chi connectivity index (χ0v) is 13.9. The topological polar surface area (TPSA) is 61.8 Å². The van der Waals surface area contributed by atoms with Crippen molar-refractivity contribution in [2.45, 2.75) is 12.7 Å². The van der Waals surface area contributed by atoms with Crippen LogP contribution in [0, 0.1) is 0 Å². The van der Waals surface area contributed by atoms with E-state index in [0.717, 1.165) is 15.2 Å². The first-order chi connectivity index (χ1) is 11.6. The maximum absolute atomic E-state index is 13.2. The molecule has 0 atom stereocenters. The fraction of sp³-hybridized carbons (Fsp3) is 0.267. The molecule has 1 aromatic carbocycles. The molecule has 0 N–H and O–H groups in total. The van der Waals surface area contributed by atoms with Crippen LogP contribution >= 0.6 is 11.6 Å². The third-order valence-corrected chi connectivity index (χ3v) is 4.24. The van der Waals surface area contributed by atoms with E-state index in [1.54, 1.807) is 0 Å². The minimum atomic E-state index is -4.54. The smallest absolute Gasteiger partial charge is 0.304 e. The summed E-state index contributed by atoms with van der Waals surface area (Å²) >= 11 is 6.04. The average Bonchev–Trinajstić information content (AvgIpc) is 2.87. The molecule has 3 rings (SSSR count). The SMILES string of the molecule is Cn1c(=O)c2c(nc(Cl)n2Cc2ccccc2C(F)(F)F)n(C)c1=O. The van der Waals surface area contributed by atoms with Gasteiger partial charge in [0.1, 0.15) is 0 Å². The summed E-state index contributed by atoms with van der Waals surface area (Å²) in [4.78, 5) is 28.3. The third kappa shape index (κ3) is 2.74. The van der Waals surface area contributed by atoms with Crippen molar-refractivity contribution in [1.82, 2.24) is 18.7 Å². The predicted molar refractivity (Wildman–Crippen MR) is 85.8 cm³/mol. The number of hydrogen-bond acceptors (Lipinski definition) is 3. The van der Waals surface area contributed by atoms with Crippen LogP contribution in [0.1, 0.15) is 11.1 Å². The van der Waals surface area contributed by atoms with Gasteiger partial charge in [0.05, 0.1) is 12.1 Å². The Bertz CT molecular complexity index is 1100. The molecule has 0 fully saturated rings. The van der Waals surface area contributed by atoms with Crippen molar-refractivity contribution in [2.24, 2.45) is 14.1 Å². The van der Waals surface area contributed by atoms with Crippen LogP contribution in [0.2, 0.25) is 5.28 Å². The third-order valence-electron chi connectivity index (χ3n) is 3.95. The van der Waals surface area contributed by atoms with Crippen molar-refractivity contribution < 1.29 is 13.2 Å². The van der Waals surface area contributed by atoms with Gasteiger partial charge < -0.3 is 4.57 Å². The summed E-state index contributed by atoms with van der Waals surface area (Å²) in [6, 6.07) is 5.00. The van der Waals surface area contributed by atoms with Gasteiger partial charge in [-0.3, -0.25) is 13.9 Å². The summed E-state index contributed by atoms with van der Waals surface area (Å²) in [5.41, 5.74) is -2.19. The highest BCUT2D eigenvalue weighted by Crippen LogP contribution is 2.32. The normalized spacial score (nSPS) is 12.1. The molecule has 2 heterocycles. The Morgan fingerprint density at radius 2 is 1.76 bits per heavy atom. The number of fused-ring (bicyclic) bond motifs is 1. The molecule has 2 aromatic heterocycles. The summed E-state index contributed by atoms with van der Waals surface area (Å²) in [5, 5.41) is -0.176. The molecule has 0 saturated carbocycles. The second kappa shape index (κ2) is 5.76. The first-order valence-corrected chi connectivity index (χ1v) is 7.47. The number of nitrogens with zero attached hydrogens (tertiary/aromatic N) is 4. The lowest BCUT2D eigenvalue weighted by atomic mass is 10.1. The number of halogens is 4. The van der Waals surface area contributed by atoms with Crippen molar-refractivity contribution >= 4 is 22.8 Å². The molecule has 0 radical (unpaired) electrons. The Morgan fingerprint density at radius 1 is 1.12 bits per heavy atom. The number of imidazole rings is 1. The van der Waals surface area contributed by atoms with E-state index >= 15 is 0 Å². The molecule has 10 heteroatoms. The van der Waals surface area contributed by atoms with Crippen molar-refractivity contribution in [3.63, 3.8) is 0 Å². The molecule has 3 aromatic rings. The minimum Gasteiger partial charge on any atom is -0.304 e. The summed E-state index contributed by atoms with van der Waals surface area (Å²) in [7, 11) is 2.68. The molecule has 0 bridgehead atoms. The number of benzene rings is 1. The Morgan fingerprint density at radius 3 is 2.40 bits per heavy atom. The van der Waals surface area contributed by atoms with Crippen molar-refractivity contribution in [2.75, 3.05) is 0 Å². The van der Waals surface area contributed by atoms with E-state index < -0.39 is 23.0 Å². The van der Waals surface area contributed by atoms with Gasteiger partial charge in [-0.2, -0.15) is 18.2 Å². The van der Waals surface area contributed by atoms with Crippen LogP contribution in [0.15, 0.2) is 33.9 Å². The maximum atomic E-state index is 13.2. The number of alkyl halides is 3. The monoisotopic (exact) mass is 372 g/mol. The van der Waals surface area contributed by atoms with Crippen molar-refractivity contribution in [3.05, 3.63) is 61.5 Å². The van der Waals surface area contributed by atoms with Crippen LogP contribution in [0.5, 0.6) is 0 Å². The lowest BCUT2D eigenvalue weighted by Crippen LogP contribution is -2.37. The number of rotatable bonds is 2. The first kappa shape index (κ1) is 17.3. The predicted octanol–water partition coefficient (Wildman–Crippen LogP) is 2.15. The zero-order valence-electron chi connectivity index (χ0n) is 13.1. The molecule has 0 unspecified atom stereocenters. The summed E-state index contributed by atoms with van der Waals surface area (Å²) in [5.74, 6) is 0. The van der Waals surface area contributed by atoms with Crippen LogP contribution < -0.4 is 11.2 Å². The lowest BCUT2D eigenvalue weighted by Gasteiger charge is -2.14. The fourth-order valence-corrected chi connectivity index (χ4v) is 2.89. The van der Waals surface area contributed by atoms with Gasteiger partial charge in [-0.15, -0.1) is 0 Å². The molecule has 132 valence electrons. The quantitative estimate of drug-likeness (QED) is 0.648. The summed E-state index contributed by atoms with van der Waals surface area (Å²) in [6.07, 6.45) is -4.54. The molecule has 6 nitrogen and oxygen atoms in total. The van der Waals surface area contributed by atoms with Crippen LogP contribution in [0.3, 0.4) is 0 Å². The van der Waals surface area contributed by atoms with Crippen LogP contribution in [-0.2, 0) is 26.8 Å². The Hall–Kier alpha value is -2.55. The zero-order chi connectivity index (χ0) is 18.5. The Kier molecular flexibility index (Phi) is 3.98. The van der Waals surface area contributed by atoms with E-state index in [0.29, 0.717) is 0 Å². The van der Waals surface area contributed by atoms with Crippen molar-refractivity contribution in [3.8, 4) is 0 Å². The Labute approximate surface area is 143 Å². The minimum absolute atomic E-state index is 0.0163. The van der Waals surface area contributed by atoms with E-state index in [9.17, 15) is 22.8 Å². The fourth-order valence-electron chi connectivity index (χ4n) is 2.67. The molecular weight excluding hydrogens is 361 g/mol. The van der Waals surface area contributed by atoms with Gasteiger partial charge in [-0.05, 0) is 23.2 Å². The first-order valence-electron chi connectivity index (χ1n) is 7.09. The van der Waals surface area contributed by atoms with Crippen LogP contribution in [0.4, 0.5) is 13.2 Å². The highest BCUT2D eigenvalue weighted by molar-refractivity contribution is 6.29. The number of aryl methyl sites for hydroxylation is 1. The lowest BCUT2D eigenvalue weighted by molar-refractivity contribution is -0.138. The summed E-state index contributed by atoms with van der Waals surface area (Å²) < 4.78 is 42.7. The van der Waals surface area contributed by atoms with Gasteiger partial charge in [0, 0.05) is 14.1 Å². The Balaban J connectivity index is 2.28. The molecule has 0 saturated heterocycles. The number of hydrogen-bond donors (Lipinski definition) is 0. The molecule has 0 spiro atoms. The van der Waals surface area contributed by atoms with Gasteiger partial charge in [-0.25, -0.2) is 4.79 Å². The average molecular weight is 373 g/mol. The van der Waals surface area contributed by atoms with Crippen LogP contribution in [-0.4, -0.2) is 18.7 Å². The van der Waals surface area contributed by atoms with Gasteiger partial charge in [-0.1, -0.05) is 18.2 Å². The molecule has 0 aliphatic carbocycles. The summed E-state index contributed by atoms with van der Waals surface area (Å²) in [6.45, 7) is -0.307. The van der Waals surface area contributed by atoms with Gasteiger partial charge in [0.15, 0.2) is 11.2 Å². The van der Waals surface area contributed by atoms with E-state index in [2.05, 4.69) is 4.98 Å². The van der Waals surface area contributed by atoms with E-state index in [1.807, 2.05) is 0 Å². The van der Waals surface area contributed by atoms with Gasteiger partial charge >= 0.3 is 11.9 Å².